The topological polar surface area (TPSA) is 46.6 Å². The van der Waals surface area contributed by atoms with Gasteiger partial charge < -0.3 is 4.74 Å². The summed E-state index contributed by atoms with van der Waals surface area (Å²) in [6, 6.07) is -0.189. The Morgan fingerprint density at radius 3 is 2.75 bits per heavy atom. The van der Waals surface area contributed by atoms with Gasteiger partial charge in [-0.2, -0.15) is 0 Å². The first kappa shape index (κ1) is 12.7. The van der Waals surface area contributed by atoms with Crippen LogP contribution in [0.4, 0.5) is 4.79 Å². The summed E-state index contributed by atoms with van der Waals surface area (Å²) >= 11 is 0. The number of cyclic esters (lactones) is 1. The number of hydrogen-bond acceptors (Lipinski definition) is 3. The van der Waals surface area contributed by atoms with E-state index in [-0.39, 0.29) is 11.9 Å². The summed E-state index contributed by atoms with van der Waals surface area (Å²) in [6.45, 7) is 9.15. The molecule has 0 bridgehead atoms. The number of unbranched alkanes of at least 4 members (excludes halogenated alkanes) is 1. The lowest BCUT2D eigenvalue weighted by atomic mass is 9.93. The third kappa shape index (κ3) is 2.26. The van der Waals surface area contributed by atoms with E-state index in [1.807, 2.05) is 13.8 Å². The highest BCUT2D eigenvalue weighted by atomic mass is 16.6. The first-order chi connectivity index (χ1) is 7.44. The van der Waals surface area contributed by atoms with Crippen LogP contribution in [0.3, 0.4) is 0 Å². The summed E-state index contributed by atoms with van der Waals surface area (Å²) in [5.41, 5.74) is -0.606. The lowest BCUT2D eigenvalue weighted by Gasteiger charge is -2.27. The molecule has 0 saturated carbocycles. The molecule has 0 aromatic rings. The Bertz CT molecular complexity index is 309. The van der Waals surface area contributed by atoms with Gasteiger partial charge in [0.2, 0.25) is 0 Å². The SMILES string of the molecule is C=CC(=O)N1C(=O)OC(C)(C)[C@@H]1CCCC. The van der Waals surface area contributed by atoms with E-state index >= 15 is 0 Å². The minimum Gasteiger partial charge on any atom is -0.441 e. The van der Waals surface area contributed by atoms with Crippen molar-refractivity contribution in [2.24, 2.45) is 0 Å². The Morgan fingerprint density at radius 1 is 1.62 bits per heavy atom. The van der Waals surface area contributed by atoms with Crippen LogP contribution < -0.4 is 0 Å². The Morgan fingerprint density at radius 2 is 2.25 bits per heavy atom. The van der Waals surface area contributed by atoms with E-state index in [2.05, 4.69) is 13.5 Å². The second-order valence-electron chi connectivity index (χ2n) is 4.54. The zero-order chi connectivity index (χ0) is 12.3. The average molecular weight is 225 g/mol. The van der Waals surface area contributed by atoms with Gasteiger partial charge in [0.05, 0.1) is 6.04 Å². The summed E-state index contributed by atoms with van der Waals surface area (Å²) in [7, 11) is 0. The lowest BCUT2D eigenvalue weighted by molar-refractivity contribution is -0.124. The van der Waals surface area contributed by atoms with E-state index in [0.29, 0.717) is 0 Å². The molecule has 90 valence electrons. The van der Waals surface area contributed by atoms with Gasteiger partial charge in [0.1, 0.15) is 5.60 Å². The first-order valence-electron chi connectivity index (χ1n) is 5.62. The number of carbonyl (C=O) groups is 2. The van der Waals surface area contributed by atoms with Crippen LogP contribution in [-0.4, -0.2) is 28.5 Å². The molecule has 1 saturated heterocycles. The maximum atomic E-state index is 11.6. The van der Waals surface area contributed by atoms with Crippen LogP contribution in [0.2, 0.25) is 0 Å². The van der Waals surface area contributed by atoms with E-state index in [4.69, 9.17) is 4.74 Å². The molecular formula is C12H19NO3. The zero-order valence-electron chi connectivity index (χ0n) is 10.2. The fourth-order valence-electron chi connectivity index (χ4n) is 2.00. The highest BCUT2D eigenvalue weighted by Gasteiger charge is 2.49. The number of imide groups is 1. The molecule has 16 heavy (non-hydrogen) atoms. The van der Waals surface area contributed by atoms with Crippen molar-refractivity contribution in [2.45, 2.75) is 51.7 Å². The number of rotatable bonds is 4. The van der Waals surface area contributed by atoms with E-state index in [0.717, 1.165) is 25.3 Å². The number of nitrogens with zero attached hydrogens (tertiary/aromatic N) is 1. The number of hydrogen-bond donors (Lipinski definition) is 0. The van der Waals surface area contributed by atoms with E-state index in [1.165, 1.54) is 4.90 Å². The molecule has 0 aromatic carbocycles. The van der Waals surface area contributed by atoms with Crippen molar-refractivity contribution >= 4 is 12.0 Å². The molecule has 1 aliphatic rings. The van der Waals surface area contributed by atoms with Gasteiger partial charge >= 0.3 is 6.09 Å². The van der Waals surface area contributed by atoms with Crippen molar-refractivity contribution in [3.05, 3.63) is 12.7 Å². The standard InChI is InChI=1S/C12H19NO3/c1-5-7-8-9-12(3,4)16-11(15)13(9)10(14)6-2/h6,9H,2,5,7-8H2,1,3-4H3/t9-/m0/s1. The van der Waals surface area contributed by atoms with Crippen LogP contribution in [0.5, 0.6) is 0 Å². The molecule has 1 aliphatic heterocycles. The number of carbonyl (C=O) groups excluding carboxylic acids is 2. The molecular weight excluding hydrogens is 206 g/mol. The molecule has 0 unspecified atom stereocenters. The molecule has 2 amide bonds. The normalized spacial score (nSPS) is 23.1. The fourth-order valence-corrected chi connectivity index (χ4v) is 2.00. The average Bonchev–Trinajstić information content (AvgIpc) is 2.43. The van der Waals surface area contributed by atoms with Crippen molar-refractivity contribution < 1.29 is 14.3 Å². The van der Waals surface area contributed by atoms with Crippen molar-refractivity contribution in [2.75, 3.05) is 0 Å². The molecule has 0 aromatic heterocycles. The predicted octanol–water partition coefficient (Wildman–Crippen LogP) is 2.49. The van der Waals surface area contributed by atoms with Crippen molar-refractivity contribution in [3.8, 4) is 0 Å². The summed E-state index contributed by atoms with van der Waals surface area (Å²) < 4.78 is 5.21. The maximum absolute atomic E-state index is 11.6. The van der Waals surface area contributed by atoms with E-state index < -0.39 is 11.7 Å². The van der Waals surface area contributed by atoms with Crippen molar-refractivity contribution in [3.63, 3.8) is 0 Å². The zero-order valence-corrected chi connectivity index (χ0v) is 10.2. The predicted molar refractivity (Wildman–Crippen MR) is 60.9 cm³/mol. The molecule has 1 fully saturated rings. The van der Waals surface area contributed by atoms with Gasteiger partial charge in [-0.3, -0.25) is 4.79 Å². The highest BCUT2D eigenvalue weighted by molar-refractivity contribution is 5.99. The first-order valence-corrected chi connectivity index (χ1v) is 5.62. The molecule has 0 N–H and O–H groups in total. The summed E-state index contributed by atoms with van der Waals surface area (Å²) in [5, 5.41) is 0. The third-order valence-corrected chi connectivity index (χ3v) is 2.90. The fraction of sp³-hybridized carbons (Fsp3) is 0.667. The molecule has 4 nitrogen and oxygen atoms in total. The van der Waals surface area contributed by atoms with Crippen LogP contribution in [0, 0.1) is 0 Å². The largest absolute Gasteiger partial charge is 0.441 e. The smallest absolute Gasteiger partial charge is 0.417 e. The van der Waals surface area contributed by atoms with E-state index in [9.17, 15) is 9.59 Å². The summed E-state index contributed by atoms with van der Waals surface area (Å²) in [5.74, 6) is -0.378. The Balaban J connectivity index is 2.90. The minimum absolute atomic E-state index is 0.189. The van der Waals surface area contributed by atoms with Crippen LogP contribution in [-0.2, 0) is 9.53 Å². The van der Waals surface area contributed by atoms with Gasteiger partial charge in [-0.05, 0) is 26.3 Å². The van der Waals surface area contributed by atoms with Gasteiger partial charge in [0.15, 0.2) is 0 Å². The van der Waals surface area contributed by atoms with Crippen LogP contribution in [0.15, 0.2) is 12.7 Å². The molecule has 0 aliphatic carbocycles. The Kier molecular flexibility index (Phi) is 3.73. The Labute approximate surface area is 96.3 Å². The van der Waals surface area contributed by atoms with Crippen molar-refractivity contribution in [1.29, 1.82) is 0 Å². The van der Waals surface area contributed by atoms with Gasteiger partial charge in [-0.1, -0.05) is 26.3 Å². The molecule has 1 atom stereocenters. The number of amides is 2. The molecule has 1 heterocycles. The lowest BCUT2D eigenvalue weighted by Crippen LogP contribution is -2.44. The summed E-state index contributed by atoms with van der Waals surface area (Å²) in [6.07, 6.45) is 3.36. The molecule has 0 radical (unpaired) electrons. The number of ether oxygens (including phenoxy) is 1. The monoisotopic (exact) mass is 225 g/mol. The van der Waals surface area contributed by atoms with Crippen molar-refractivity contribution in [1.82, 2.24) is 4.90 Å². The third-order valence-electron chi connectivity index (χ3n) is 2.90. The molecule has 0 spiro atoms. The second kappa shape index (κ2) is 4.68. The highest BCUT2D eigenvalue weighted by Crippen LogP contribution is 2.32. The van der Waals surface area contributed by atoms with Crippen LogP contribution in [0.1, 0.15) is 40.0 Å². The minimum atomic E-state index is -0.606. The molecule has 4 heteroatoms. The maximum Gasteiger partial charge on any atom is 0.417 e. The molecule has 1 rings (SSSR count). The van der Waals surface area contributed by atoms with Gasteiger partial charge in [0.25, 0.3) is 5.91 Å². The van der Waals surface area contributed by atoms with Gasteiger partial charge in [0, 0.05) is 0 Å². The quantitative estimate of drug-likeness (QED) is 0.690. The van der Waals surface area contributed by atoms with Crippen LogP contribution in [0.25, 0.3) is 0 Å². The van der Waals surface area contributed by atoms with E-state index in [1.54, 1.807) is 0 Å². The second-order valence-corrected chi connectivity index (χ2v) is 4.54. The van der Waals surface area contributed by atoms with Gasteiger partial charge in [-0.25, -0.2) is 9.69 Å². The Hall–Kier alpha value is -1.32. The van der Waals surface area contributed by atoms with Gasteiger partial charge in [-0.15, -0.1) is 0 Å². The summed E-state index contributed by atoms with van der Waals surface area (Å²) in [4.78, 5) is 24.4. The van der Waals surface area contributed by atoms with Crippen LogP contribution >= 0.6 is 0 Å².